The fourth-order valence-corrected chi connectivity index (χ4v) is 5.20. The highest BCUT2D eigenvalue weighted by molar-refractivity contribution is 6.67. The molecular weight excluding hydrogens is 170 g/mol. The van der Waals surface area contributed by atoms with E-state index in [-0.39, 0.29) is 5.04 Å². The van der Waals surface area contributed by atoms with E-state index in [0.717, 1.165) is 0 Å². The maximum Gasteiger partial charge on any atom is 0.432 e. The SMILES string of the molecule is CO[Si](OC)(N(C)C)C(C)(C)C. The van der Waals surface area contributed by atoms with Gasteiger partial charge in [-0.15, -0.1) is 0 Å². The van der Waals surface area contributed by atoms with Gasteiger partial charge in [0.1, 0.15) is 0 Å². The highest BCUT2D eigenvalue weighted by Crippen LogP contribution is 2.37. The summed E-state index contributed by atoms with van der Waals surface area (Å²) in [7, 11) is 5.27. The van der Waals surface area contributed by atoms with E-state index in [0.29, 0.717) is 0 Å². The van der Waals surface area contributed by atoms with Crippen LogP contribution < -0.4 is 0 Å². The summed E-state index contributed by atoms with van der Waals surface area (Å²) in [6, 6.07) is 0. The van der Waals surface area contributed by atoms with Gasteiger partial charge >= 0.3 is 8.72 Å². The molecule has 0 radical (unpaired) electrons. The first-order chi connectivity index (χ1) is 5.31. The Balaban J connectivity index is 4.83. The zero-order valence-corrected chi connectivity index (χ0v) is 10.3. The van der Waals surface area contributed by atoms with Gasteiger partial charge in [0.2, 0.25) is 0 Å². The standard InChI is InChI=1S/C8H21NO2Si/c1-8(2,3)12(10-6,11-7)9(4)5/h1-7H3. The largest absolute Gasteiger partial charge is 0.432 e. The average molecular weight is 191 g/mol. The van der Waals surface area contributed by atoms with Crippen molar-refractivity contribution in [2.45, 2.75) is 25.8 Å². The lowest BCUT2D eigenvalue weighted by Crippen LogP contribution is -2.60. The van der Waals surface area contributed by atoms with Crippen molar-refractivity contribution in [3.05, 3.63) is 0 Å². The van der Waals surface area contributed by atoms with E-state index < -0.39 is 8.72 Å². The van der Waals surface area contributed by atoms with Crippen molar-refractivity contribution >= 4 is 8.72 Å². The van der Waals surface area contributed by atoms with E-state index in [2.05, 4.69) is 25.3 Å². The molecule has 4 heteroatoms. The van der Waals surface area contributed by atoms with Crippen LogP contribution in [0.25, 0.3) is 0 Å². The van der Waals surface area contributed by atoms with Gasteiger partial charge in [0.25, 0.3) is 0 Å². The predicted molar refractivity (Wildman–Crippen MR) is 53.2 cm³/mol. The van der Waals surface area contributed by atoms with Crippen LogP contribution in [0.3, 0.4) is 0 Å². The normalized spacial score (nSPS) is 14.0. The number of hydrogen-bond donors (Lipinski definition) is 0. The fourth-order valence-electron chi connectivity index (χ4n) is 1.73. The van der Waals surface area contributed by atoms with E-state index in [1.165, 1.54) is 0 Å². The average Bonchev–Trinajstić information content (AvgIpc) is 1.87. The molecule has 0 aromatic carbocycles. The van der Waals surface area contributed by atoms with Crippen LogP contribution in [-0.2, 0) is 8.85 Å². The molecule has 0 rings (SSSR count). The third kappa shape index (κ3) is 1.88. The van der Waals surface area contributed by atoms with Crippen molar-refractivity contribution in [1.29, 1.82) is 0 Å². The molecule has 0 spiro atoms. The molecule has 0 aliphatic heterocycles. The van der Waals surface area contributed by atoms with E-state index in [9.17, 15) is 0 Å². The maximum absolute atomic E-state index is 5.56. The summed E-state index contributed by atoms with van der Waals surface area (Å²) in [5, 5.41) is 0.0556. The molecule has 12 heavy (non-hydrogen) atoms. The first-order valence-electron chi connectivity index (χ1n) is 4.09. The molecule has 0 N–H and O–H groups in total. The quantitative estimate of drug-likeness (QED) is 0.632. The third-order valence-electron chi connectivity index (χ3n) is 2.09. The van der Waals surface area contributed by atoms with Crippen LogP contribution in [0.4, 0.5) is 0 Å². The van der Waals surface area contributed by atoms with Crippen LogP contribution in [0.2, 0.25) is 5.04 Å². The Kier molecular flexibility index (Phi) is 3.90. The molecule has 74 valence electrons. The number of hydrogen-bond acceptors (Lipinski definition) is 3. The summed E-state index contributed by atoms with van der Waals surface area (Å²) in [4.78, 5) is 0. The molecule has 0 saturated heterocycles. The van der Waals surface area contributed by atoms with Crippen molar-refractivity contribution in [1.82, 2.24) is 4.57 Å². The summed E-state index contributed by atoms with van der Waals surface area (Å²) in [5.74, 6) is 0. The predicted octanol–water partition coefficient (Wildman–Crippen LogP) is 1.58. The Hall–Kier alpha value is 0.0969. The molecule has 0 aromatic rings. The molecule has 3 nitrogen and oxygen atoms in total. The Morgan fingerprint density at radius 3 is 1.33 bits per heavy atom. The number of rotatable bonds is 3. The summed E-state index contributed by atoms with van der Waals surface area (Å²) < 4.78 is 13.2. The molecule has 0 aromatic heterocycles. The van der Waals surface area contributed by atoms with Crippen molar-refractivity contribution in [2.24, 2.45) is 0 Å². The minimum Gasteiger partial charge on any atom is -0.386 e. The second-order valence-electron chi connectivity index (χ2n) is 4.13. The molecule has 0 saturated carbocycles. The Labute approximate surface area is 77.0 Å². The van der Waals surface area contributed by atoms with Gasteiger partial charge in [-0.2, -0.15) is 0 Å². The van der Waals surface area contributed by atoms with Crippen LogP contribution in [0.1, 0.15) is 20.8 Å². The summed E-state index contributed by atoms with van der Waals surface area (Å²) >= 11 is 0. The first kappa shape index (κ1) is 12.1. The van der Waals surface area contributed by atoms with Crippen molar-refractivity contribution in [3.8, 4) is 0 Å². The second-order valence-corrected chi connectivity index (χ2v) is 8.51. The molecule has 0 aliphatic carbocycles. The molecule has 0 atom stereocenters. The van der Waals surface area contributed by atoms with Crippen LogP contribution in [0, 0.1) is 0 Å². The van der Waals surface area contributed by atoms with Crippen LogP contribution in [0.15, 0.2) is 0 Å². The summed E-state index contributed by atoms with van der Waals surface area (Å²) in [6.07, 6.45) is 0. The zero-order chi connectivity index (χ0) is 9.99. The fraction of sp³-hybridized carbons (Fsp3) is 1.00. The second kappa shape index (κ2) is 3.87. The van der Waals surface area contributed by atoms with Gasteiger partial charge in [0.05, 0.1) is 0 Å². The van der Waals surface area contributed by atoms with Gasteiger partial charge in [-0.25, -0.2) is 0 Å². The van der Waals surface area contributed by atoms with Crippen LogP contribution in [-0.4, -0.2) is 41.6 Å². The molecule has 0 unspecified atom stereocenters. The molecule has 0 fully saturated rings. The van der Waals surface area contributed by atoms with E-state index in [4.69, 9.17) is 8.85 Å². The minimum atomic E-state index is -2.19. The monoisotopic (exact) mass is 191 g/mol. The van der Waals surface area contributed by atoms with E-state index in [1.807, 2.05) is 14.1 Å². The van der Waals surface area contributed by atoms with Gasteiger partial charge in [0.15, 0.2) is 0 Å². The lowest BCUT2D eigenvalue weighted by Gasteiger charge is -2.42. The topological polar surface area (TPSA) is 21.7 Å². The van der Waals surface area contributed by atoms with Crippen molar-refractivity contribution in [2.75, 3.05) is 28.3 Å². The third-order valence-corrected chi connectivity index (χ3v) is 6.27. The number of nitrogens with zero attached hydrogens (tertiary/aromatic N) is 1. The van der Waals surface area contributed by atoms with Gasteiger partial charge < -0.3 is 8.85 Å². The summed E-state index contributed by atoms with van der Waals surface area (Å²) in [6.45, 7) is 6.44. The van der Waals surface area contributed by atoms with Gasteiger partial charge in [-0.05, 0) is 14.1 Å². The van der Waals surface area contributed by atoms with Crippen LogP contribution >= 0.6 is 0 Å². The molecule has 0 heterocycles. The van der Waals surface area contributed by atoms with Gasteiger partial charge in [-0.1, -0.05) is 20.8 Å². The Morgan fingerprint density at radius 2 is 1.33 bits per heavy atom. The Bertz CT molecular complexity index is 138. The van der Waals surface area contributed by atoms with E-state index in [1.54, 1.807) is 14.2 Å². The lowest BCUT2D eigenvalue weighted by molar-refractivity contribution is 0.160. The van der Waals surface area contributed by atoms with E-state index >= 15 is 0 Å². The smallest absolute Gasteiger partial charge is 0.386 e. The van der Waals surface area contributed by atoms with Gasteiger partial charge in [-0.3, -0.25) is 4.57 Å². The minimum absolute atomic E-state index is 0.0556. The molecular formula is C8H21NO2Si. The Morgan fingerprint density at radius 1 is 1.00 bits per heavy atom. The maximum atomic E-state index is 5.56. The van der Waals surface area contributed by atoms with Crippen molar-refractivity contribution < 1.29 is 8.85 Å². The highest BCUT2D eigenvalue weighted by atomic mass is 28.4. The molecule has 0 amide bonds. The highest BCUT2D eigenvalue weighted by Gasteiger charge is 2.51. The first-order valence-corrected chi connectivity index (χ1v) is 5.86. The van der Waals surface area contributed by atoms with Crippen molar-refractivity contribution in [3.63, 3.8) is 0 Å². The van der Waals surface area contributed by atoms with Crippen LogP contribution in [0.5, 0.6) is 0 Å². The molecule has 0 bridgehead atoms. The van der Waals surface area contributed by atoms with Gasteiger partial charge in [0, 0.05) is 19.3 Å². The zero-order valence-electron chi connectivity index (χ0n) is 9.26. The lowest BCUT2D eigenvalue weighted by atomic mass is 10.3. The summed E-state index contributed by atoms with van der Waals surface area (Å²) in [5.41, 5.74) is 0. The molecule has 0 aliphatic rings.